The van der Waals surface area contributed by atoms with E-state index < -0.39 is 5.60 Å². The molecule has 1 aromatic heterocycles. The van der Waals surface area contributed by atoms with Crippen molar-refractivity contribution < 1.29 is 19.1 Å². The van der Waals surface area contributed by atoms with Crippen LogP contribution in [0, 0.1) is 0 Å². The number of aromatic nitrogens is 2. The molecule has 0 atom stereocenters. The fraction of sp³-hybridized carbons (Fsp3) is 0.346. The first kappa shape index (κ1) is 23.4. The van der Waals surface area contributed by atoms with Gasteiger partial charge in [-0.2, -0.15) is 5.10 Å². The quantitative estimate of drug-likeness (QED) is 0.604. The molecule has 0 spiro atoms. The summed E-state index contributed by atoms with van der Waals surface area (Å²) >= 11 is 0. The molecule has 178 valence electrons. The van der Waals surface area contributed by atoms with Crippen LogP contribution in [0.1, 0.15) is 47.8 Å². The molecular formula is C26H30N4O4. The Labute approximate surface area is 199 Å². The monoisotopic (exact) mass is 462 g/mol. The smallest absolute Gasteiger partial charge is 0.410 e. The summed E-state index contributed by atoms with van der Waals surface area (Å²) in [6, 6.07) is 13.4. The van der Waals surface area contributed by atoms with Crippen LogP contribution < -0.4 is 10.1 Å². The Morgan fingerprint density at radius 1 is 1.12 bits per heavy atom. The molecule has 3 aromatic rings. The third-order valence-corrected chi connectivity index (χ3v) is 5.50. The molecule has 34 heavy (non-hydrogen) atoms. The van der Waals surface area contributed by atoms with Gasteiger partial charge in [0.1, 0.15) is 11.4 Å². The predicted molar refractivity (Wildman–Crippen MR) is 129 cm³/mol. The van der Waals surface area contributed by atoms with Crippen molar-refractivity contribution in [2.75, 3.05) is 19.0 Å². The fourth-order valence-corrected chi connectivity index (χ4v) is 3.85. The van der Waals surface area contributed by atoms with Gasteiger partial charge < -0.3 is 19.7 Å². The molecule has 0 unspecified atom stereocenters. The summed E-state index contributed by atoms with van der Waals surface area (Å²) in [5.74, 6) is 0.595. The number of nitrogens with zero attached hydrogens (tertiary/aromatic N) is 3. The van der Waals surface area contributed by atoms with Gasteiger partial charge in [-0.1, -0.05) is 18.2 Å². The molecule has 0 radical (unpaired) electrons. The lowest BCUT2D eigenvalue weighted by atomic mass is 9.97. The van der Waals surface area contributed by atoms with Gasteiger partial charge in [-0.3, -0.25) is 9.48 Å². The van der Waals surface area contributed by atoms with Crippen LogP contribution in [-0.4, -0.2) is 45.9 Å². The second-order valence-electron chi connectivity index (χ2n) is 9.37. The van der Waals surface area contributed by atoms with Gasteiger partial charge in [-0.15, -0.1) is 0 Å². The molecular weight excluding hydrogens is 432 g/mol. The van der Waals surface area contributed by atoms with Crippen molar-refractivity contribution in [3.05, 3.63) is 77.1 Å². The number of hydrogen-bond acceptors (Lipinski definition) is 5. The van der Waals surface area contributed by atoms with E-state index in [1.807, 2.05) is 57.2 Å². The third-order valence-electron chi connectivity index (χ3n) is 5.50. The Bertz CT molecular complexity index is 1200. The fourth-order valence-electron chi connectivity index (χ4n) is 3.85. The molecule has 0 saturated heterocycles. The largest absolute Gasteiger partial charge is 0.497 e. The molecule has 2 amide bonds. The number of amides is 2. The Balaban J connectivity index is 1.38. The summed E-state index contributed by atoms with van der Waals surface area (Å²) < 4.78 is 12.5. The van der Waals surface area contributed by atoms with Crippen molar-refractivity contribution in [2.45, 2.75) is 45.9 Å². The maximum Gasteiger partial charge on any atom is 0.410 e. The van der Waals surface area contributed by atoms with Gasteiger partial charge in [0.2, 0.25) is 0 Å². The molecule has 0 aliphatic carbocycles. The predicted octanol–water partition coefficient (Wildman–Crippen LogP) is 4.49. The highest BCUT2D eigenvalue weighted by Gasteiger charge is 2.26. The first-order valence-electron chi connectivity index (χ1n) is 11.3. The maximum atomic E-state index is 12.8. The summed E-state index contributed by atoms with van der Waals surface area (Å²) in [6.45, 7) is 7.18. The zero-order valence-electron chi connectivity index (χ0n) is 20.0. The maximum absolute atomic E-state index is 12.8. The topological polar surface area (TPSA) is 85.7 Å². The highest BCUT2D eigenvalue weighted by Crippen LogP contribution is 2.23. The molecule has 1 aliphatic heterocycles. The molecule has 2 aromatic carbocycles. The van der Waals surface area contributed by atoms with Gasteiger partial charge in [-0.25, -0.2) is 4.79 Å². The molecule has 0 saturated carbocycles. The van der Waals surface area contributed by atoms with Gasteiger partial charge in [0.15, 0.2) is 0 Å². The zero-order valence-corrected chi connectivity index (χ0v) is 20.0. The summed E-state index contributed by atoms with van der Waals surface area (Å²) in [5, 5.41) is 7.26. The van der Waals surface area contributed by atoms with Gasteiger partial charge in [-0.05, 0) is 68.1 Å². The van der Waals surface area contributed by atoms with E-state index in [0.29, 0.717) is 37.3 Å². The molecule has 0 bridgehead atoms. The van der Waals surface area contributed by atoms with Gasteiger partial charge >= 0.3 is 6.09 Å². The number of ether oxygens (including phenoxy) is 2. The number of methoxy groups -OCH3 is 1. The summed E-state index contributed by atoms with van der Waals surface area (Å²) in [5.41, 5.74) is 3.82. The second-order valence-corrected chi connectivity index (χ2v) is 9.37. The number of anilines is 1. The minimum atomic E-state index is -0.527. The van der Waals surface area contributed by atoms with Crippen LogP contribution in [0.5, 0.6) is 5.75 Å². The number of benzene rings is 2. The Kier molecular flexibility index (Phi) is 6.58. The molecule has 0 fully saturated rings. The lowest BCUT2D eigenvalue weighted by Crippen LogP contribution is -2.39. The van der Waals surface area contributed by atoms with Crippen LogP contribution in [0.3, 0.4) is 0 Å². The summed E-state index contributed by atoms with van der Waals surface area (Å²) in [6.07, 6.45) is 3.80. The molecule has 1 N–H and O–H groups in total. The van der Waals surface area contributed by atoms with E-state index in [1.54, 1.807) is 35.2 Å². The minimum absolute atomic E-state index is 0.196. The molecule has 2 heterocycles. The lowest BCUT2D eigenvalue weighted by Gasteiger charge is -2.31. The van der Waals surface area contributed by atoms with Crippen molar-refractivity contribution in [1.29, 1.82) is 0 Å². The van der Waals surface area contributed by atoms with Crippen molar-refractivity contribution in [1.82, 2.24) is 14.7 Å². The molecule has 8 heteroatoms. The van der Waals surface area contributed by atoms with Crippen molar-refractivity contribution >= 4 is 17.7 Å². The van der Waals surface area contributed by atoms with Crippen LogP contribution in [0.25, 0.3) is 0 Å². The Hall–Kier alpha value is -3.81. The molecule has 1 aliphatic rings. The van der Waals surface area contributed by atoms with Crippen LogP contribution in [0.15, 0.2) is 54.9 Å². The average molecular weight is 463 g/mol. The number of nitrogens with one attached hydrogen (secondary N) is 1. The van der Waals surface area contributed by atoms with Gasteiger partial charge in [0.05, 0.1) is 25.5 Å². The SMILES string of the molecule is COc1cccc(Cn2cc(NC(=O)c3ccc4c(c3)CCN(C(=O)OC(C)(C)C)C4)cn2)c1. The summed E-state index contributed by atoms with van der Waals surface area (Å²) in [4.78, 5) is 26.9. The van der Waals surface area contributed by atoms with Gasteiger partial charge in [0.25, 0.3) is 5.91 Å². The standard InChI is InChI=1S/C26H30N4O4/c1-26(2,3)34-25(32)29-11-10-19-13-20(8-9-21(19)16-29)24(31)28-22-14-27-30(17-22)15-18-6-5-7-23(12-18)33-4/h5-9,12-14,17H,10-11,15-16H2,1-4H3,(H,28,31). The minimum Gasteiger partial charge on any atom is -0.497 e. The van der Waals surface area contributed by atoms with Crippen LogP contribution in [0.4, 0.5) is 10.5 Å². The Morgan fingerprint density at radius 2 is 1.94 bits per heavy atom. The number of hydrogen-bond donors (Lipinski definition) is 1. The lowest BCUT2D eigenvalue weighted by molar-refractivity contribution is 0.0224. The number of fused-ring (bicyclic) bond motifs is 1. The Morgan fingerprint density at radius 3 is 2.71 bits per heavy atom. The van der Waals surface area contributed by atoms with E-state index in [1.165, 1.54) is 0 Å². The zero-order chi connectivity index (χ0) is 24.3. The van der Waals surface area contributed by atoms with E-state index in [4.69, 9.17) is 9.47 Å². The van der Waals surface area contributed by atoms with Crippen LogP contribution in [0.2, 0.25) is 0 Å². The number of rotatable bonds is 5. The van der Waals surface area contributed by atoms with E-state index in [-0.39, 0.29) is 12.0 Å². The number of carbonyl (C=O) groups excluding carboxylic acids is 2. The highest BCUT2D eigenvalue weighted by molar-refractivity contribution is 6.04. The van der Waals surface area contributed by atoms with Crippen LogP contribution in [-0.2, 0) is 24.2 Å². The van der Waals surface area contributed by atoms with Crippen LogP contribution >= 0.6 is 0 Å². The summed E-state index contributed by atoms with van der Waals surface area (Å²) in [7, 11) is 1.64. The van der Waals surface area contributed by atoms with E-state index >= 15 is 0 Å². The van der Waals surface area contributed by atoms with Crippen molar-refractivity contribution in [2.24, 2.45) is 0 Å². The first-order valence-corrected chi connectivity index (χ1v) is 11.3. The molecule has 4 rings (SSSR count). The first-order chi connectivity index (χ1) is 16.2. The van der Waals surface area contributed by atoms with Crippen molar-refractivity contribution in [3.63, 3.8) is 0 Å². The highest BCUT2D eigenvalue weighted by atomic mass is 16.6. The second kappa shape index (κ2) is 9.59. The number of carbonyl (C=O) groups is 2. The van der Waals surface area contributed by atoms with E-state index in [9.17, 15) is 9.59 Å². The van der Waals surface area contributed by atoms with Crippen molar-refractivity contribution in [3.8, 4) is 5.75 Å². The molecule has 8 nitrogen and oxygen atoms in total. The van der Waals surface area contributed by atoms with Gasteiger partial charge in [0, 0.05) is 24.8 Å². The van der Waals surface area contributed by atoms with E-state index in [2.05, 4.69) is 10.4 Å². The third kappa shape index (κ3) is 5.75. The average Bonchev–Trinajstić information content (AvgIpc) is 3.23. The van der Waals surface area contributed by atoms with E-state index in [0.717, 1.165) is 22.4 Å². The normalized spacial score (nSPS) is 13.2.